The van der Waals surface area contributed by atoms with E-state index in [2.05, 4.69) is 0 Å². The van der Waals surface area contributed by atoms with Crippen molar-refractivity contribution in [1.29, 1.82) is 0 Å². The third-order valence-corrected chi connectivity index (χ3v) is 8.21. The summed E-state index contributed by atoms with van der Waals surface area (Å²) in [6, 6.07) is 0. The van der Waals surface area contributed by atoms with Crippen molar-refractivity contribution >= 4 is 285 Å². The first-order valence-corrected chi connectivity index (χ1v) is 13.4. The second-order valence-corrected chi connectivity index (χ2v) is 11.0. The van der Waals surface area contributed by atoms with Crippen LogP contribution in [0.15, 0.2) is 0 Å². The van der Waals surface area contributed by atoms with Gasteiger partial charge in [0.1, 0.15) is 8.04 Å². The van der Waals surface area contributed by atoms with E-state index < -0.39 is 115 Å². The monoisotopic (exact) mass is 551 g/mol. The van der Waals surface area contributed by atoms with E-state index in [4.69, 9.17) is 148 Å². The molecule has 39 heavy (non-hydrogen) atoms. The molecule has 38 radical (unpaired) electrons. The van der Waals surface area contributed by atoms with Crippen LogP contribution in [-0.2, 0) is 0 Å². The molecule has 0 bridgehead atoms. The molecule has 0 atom stereocenters. The standard InChI is InChI=1S/B37HIN/c1-20(2)29(19)34(30(21(3)4)22(5)6)36(33(27(15)16)28(17)18)37(39-38)35(31(23(7)8)24(9)10)32(25(11)12)26(13)14/h39H/i/hT. The molecule has 0 amide bonds. The van der Waals surface area contributed by atoms with Gasteiger partial charge in [-0.25, -0.2) is 0 Å². The Kier molecular flexibility index (Phi) is 20.1. The van der Waals surface area contributed by atoms with E-state index >= 15 is 0 Å². The van der Waals surface area contributed by atoms with Crippen molar-refractivity contribution in [3.8, 4) is 0 Å². The van der Waals surface area contributed by atoms with Gasteiger partial charge in [-0.1, -0.05) is 0 Å². The van der Waals surface area contributed by atoms with Gasteiger partial charge in [0.15, 0.2) is 0 Å². The topological polar surface area (TPSA) is 12.0 Å². The van der Waals surface area contributed by atoms with Crippen molar-refractivity contribution in [2.24, 2.45) is 0 Å². The lowest BCUT2D eigenvalue weighted by Gasteiger charge is -2.51. The number of hydrogen-bond donors (Lipinski definition) is 1. The van der Waals surface area contributed by atoms with Gasteiger partial charge in [0.25, 0.3) is 0 Å². The van der Waals surface area contributed by atoms with Crippen LogP contribution in [-0.4, -0.2) is 262 Å². The molecule has 0 aromatic carbocycles. The maximum absolute atomic E-state index is 8.92. The summed E-state index contributed by atoms with van der Waals surface area (Å²) in [5.41, 5.74) is 0. The molecule has 0 rings (SSSR count). The number of nitrogens with one attached hydrogen (secondary N) is 1. The van der Waals surface area contributed by atoms with Gasteiger partial charge >= 0.3 is 0 Å². The predicted molar refractivity (Wildman–Crippen MR) is 230 cm³/mol. The Labute approximate surface area is 287 Å². The van der Waals surface area contributed by atoms with Crippen LogP contribution in [0.25, 0.3) is 0 Å². The fraction of sp³-hybridized carbons (Fsp3) is 0. The van der Waals surface area contributed by atoms with Gasteiger partial charge in [0, 0.05) is 278 Å². The lowest BCUT2D eigenvalue weighted by atomic mass is 8.32. The van der Waals surface area contributed by atoms with Crippen LogP contribution in [0.1, 0.15) is 0 Å². The second-order valence-electron chi connectivity index (χ2n) is 10.4. The number of halogens is 1. The van der Waals surface area contributed by atoms with Crippen molar-refractivity contribution in [1.82, 2.24) is 3.43 Å². The van der Waals surface area contributed by atoms with E-state index in [-0.39, 0.29) is 0 Å². The number of hydrogen-bond acceptors (Lipinski definition) is 1. The summed E-state index contributed by atoms with van der Waals surface area (Å²) in [5, 5.41) is 0. The molecule has 1 nitrogen and oxygen atoms in total. The highest BCUT2D eigenvalue weighted by molar-refractivity contribution is 14.1. The largest absolute Gasteiger partial charge is 0.319 e. The molecule has 0 aliphatic carbocycles. The third kappa shape index (κ3) is 11.8. The second kappa shape index (κ2) is 19.6. The summed E-state index contributed by atoms with van der Waals surface area (Å²) in [6.07, 6.45) is -19.1. The number of rotatable bonds is 18. The van der Waals surface area contributed by atoms with Crippen molar-refractivity contribution in [3.63, 3.8) is 0 Å². The summed E-state index contributed by atoms with van der Waals surface area (Å²) in [6.45, 7) is -1.16. The lowest BCUT2D eigenvalue weighted by Crippen LogP contribution is -2.91. The molecule has 0 aromatic heterocycles. The molecule has 0 spiro atoms. The Morgan fingerprint density at radius 3 is 0.718 bits per heavy atom. The van der Waals surface area contributed by atoms with Gasteiger partial charge in [0.05, 0.1) is 0 Å². The first kappa shape index (κ1) is 40.1. The highest BCUT2D eigenvalue weighted by Gasteiger charge is 2.56. The molecule has 0 aliphatic heterocycles. The molecule has 0 unspecified atom stereocenters. The molecule has 1 N–H and O–H groups in total. The van der Waals surface area contributed by atoms with E-state index in [1.165, 1.54) is 0 Å². The molecule has 0 heterocycles. The summed E-state index contributed by atoms with van der Waals surface area (Å²) < 4.78 is 9.92. The Hall–Kier alpha value is 3.09. The quantitative estimate of drug-likeness (QED) is 0.103. The van der Waals surface area contributed by atoms with E-state index in [1.807, 2.05) is 0 Å². The van der Waals surface area contributed by atoms with Crippen molar-refractivity contribution < 1.29 is 1.41 Å². The smallest absolute Gasteiger partial charge is 0.129 e. The van der Waals surface area contributed by atoms with Gasteiger partial charge in [-0.15, -0.1) is 0 Å². The molecular weight excluding hydrogens is 541 g/mol. The Balaban J connectivity index is 8.12. The maximum atomic E-state index is 8.92. The van der Waals surface area contributed by atoms with Crippen LogP contribution >= 0.6 is 22.9 Å². The minimum absolute atomic E-state index is 1.00. The molecule has 39 heteroatoms. The summed E-state index contributed by atoms with van der Waals surface area (Å²) >= 11 is 1.69. The van der Waals surface area contributed by atoms with E-state index in [0.29, 0.717) is 0 Å². The zero-order valence-electron chi connectivity index (χ0n) is 23.2. The first-order valence-electron chi connectivity index (χ1n) is 12.9. The minimum Gasteiger partial charge on any atom is -0.319 e. The van der Waals surface area contributed by atoms with Crippen molar-refractivity contribution in [2.45, 2.75) is 0 Å². The zero-order chi connectivity index (χ0) is 32.0. The highest BCUT2D eigenvalue weighted by Crippen LogP contribution is 2.16. The van der Waals surface area contributed by atoms with Crippen LogP contribution in [0.2, 0.25) is 1.41 Å². The van der Waals surface area contributed by atoms with Gasteiger partial charge in [0.2, 0.25) is 0 Å². The Morgan fingerprint density at radius 1 is 0.333 bits per heavy atom. The molecule has 0 aliphatic rings. The van der Waals surface area contributed by atoms with Gasteiger partial charge in [-0.05, 0) is 0 Å². The molecule has 0 fully saturated rings. The normalized spacial score (nSPS) is 10.2. The molecule has 0 saturated carbocycles. The molecule has 124 valence electrons. The average Bonchev–Trinajstić information content (AvgIpc) is 2.73. The third-order valence-electron chi connectivity index (χ3n) is 7.57. The fourth-order valence-corrected chi connectivity index (χ4v) is 6.66. The molecule has 0 aromatic rings. The Morgan fingerprint density at radius 2 is 0.538 bits per heavy atom. The van der Waals surface area contributed by atoms with Crippen molar-refractivity contribution in [2.75, 3.05) is 0 Å². The Bertz CT molecular complexity index is 613. The fourth-order valence-electron chi connectivity index (χ4n) is 5.92. The van der Waals surface area contributed by atoms with Gasteiger partial charge in [-0.2, -0.15) is 0 Å². The maximum Gasteiger partial charge on any atom is 0.129 e. The zero-order valence-corrected chi connectivity index (χ0v) is 24.3. The van der Waals surface area contributed by atoms with Crippen LogP contribution in [0.5, 0.6) is 0 Å². The van der Waals surface area contributed by atoms with Gasteiger partial charge in [-0.3, -0.25) is 0 Å². The van der Waals surface area contributed by atoms with Crippen molar-refractivity contribution in [3.05, 3.63) is 0 Å². The SMILES string of the molecule is [3H]N(I)B(B(B(B([B])[B])B([B])[B])B(B([B])[B])B([B])[B])B(B(B([B])[B])B([B])[B])B(B([B])B([B])[B])B(B([B])[B])B([B])[B]. The van der Waals surface area contributed by atoms with E-state index in [1.54, 1.807) is 22.9 Å². The van der Waals surface area contributed by atoms with Crippen LogP contribution in [0.4, 0.5) is 0 Å². The summed E-state index contributed by atoms with van der Waals surface area (Å²) in [5.74, 6) is 0. The van der Waals surface area contributed by atoms with E-state index in [0.717, 1.165) is 3.43 Å². The highest BCUT2D eigenvalue weighted by atomic mass is 127. The lowest BCUT2D eigenvalue weighted by molar-refractivity contribution is 1.79. The van der Waals surface area contributed by atoms with Crippen LogP contribution in [0.3, 0.4) is 0 Å². The summed E-state index contributed by atoms with van der Waals surface area (Å²) in [4.78, 5) is 0. The average molecular weight is 544 g/mol. The molecular formula is HB37IN. The first-order chi connectivity index (χ1) is 18.1. The van der Waals surface area contributed by atoms with Crippen LogP contribution in [0, 0.1) is 0 Å². The van der Waals surface area contributed by atoms with Gasteiger partial charge < -0.3 is 3.43 Å². The summed E-state index contributed by atoms with van der Waals surface area (Å²) in [7, 11) is 118. The van der Waals surface area contributed by atoms with E-state index in [9.17, 15) is 0 Å². The molecule has 0 saturated heterocycles. The minimum atomic E-state index is -1.22. The van der Waals surface area contributed by atoms with Crippen LogP contribution < -0.4 is 3.43 Å². The predicted octanol–water partition coefficient (Wildman–Crippen LogP) is -13.7.